The first-order valence-corrected chi connectivity index (χ1v) is 1.56. The van der Waals surface area contributed by atoms with Gasteiger partial charge >= 0.3 is 0 Å². The molecule has 0 unspecified atom stereocenters. The third-order valence-corrected chi connectivity index (χ3v) is 0.354. The summed E-state index contributed by atoms with van der Waals surface area (Å²) in [6.07, 6.45) is 1.07. The van der Waals surface area contributed by atoms with Crippen LogP contribution in [0.4, 0.5) is 0 Å². The van der Waals surface area contributed by atoms with Crippen molar-refractivity contribution in [3.63, 3.8) is 0 Å². The number of hydrogen-bond donors (Lipinski definition) is 1. The molecule has 0 aromatic heterocycles. The first-order valence-electron chi connectivity index (χ1n) is 1.56. The Kier molecular flexibility index (Phi) is 3.04. The molecule has 0 aliphatic carbocycles. The molecule has 4 heavy (non-hydrogen) atoms. The molecule has 0 amide bonds. The highest BCUT2D eigenvalue weighted by molar-refractivity contribution is 6.08. The van der Waals surface area contributed by atoms with Gasteiger partial charge in [0.25, 0.3) is 0 Å². The van der Waals surface area contributed by atoms with E-state index >= 15 is 0 Å². The first kappa shape index (κ1) is 4.02. The van der Waals surface area contributed by atoms with E-state index in [1.165, 1.54) is 0 Å². The predicted molar refractivity (Wildman–Crippen MR) is 22.5 cm³/mol. The summed E-state index contributed by atoms with van der Waals surface area (Å²) >= 11 is 0. The van der Waals surface area contributed by atoms with Crippen LogP contribution in [0.1, 0.15) is 0 Å². The summed E-state index contributed by atoms with van der Waals surface area (Å²) in [5.41, 5.74) is 0. The van der Waals surface area contributed by atoms with Gasteiger partial charge in [0.05, 0.1) is 0 Å². The van der Waals surface area contributed by atoms with Crippen LogP contribution in [-0.2, 0) is 0 Å². The molecule has 1 N–H and O–H groups in total. The van der Waals surface area contributed by atoms with Crippen molar-refractivity contribution in [2.75, 3.05) is 13.5 Å². The Morgan fingerprint density at radius 3 is 2.25 bits per heavy atom. The van der Waals surface area contributed by atoms with E-state index in [1.807, 2.05) is 7.05 Å². The predicted octanol–water partition coefficient (Wildman–Crippen LogP) is -1.20. The SMILES string of the molecule is BCNC. The minimum absolute atomic E-state index is 1.07. The summed E-state index contributed by atoms with van der Waals surface area (Å²) in [6.45, 7) is 0. The Hall–Kier alpha value is 0.0249. The average molecular weight is 56.9 g/mol. The Bertz CT molecular complexity index is 8.00. The zero-order valence-corrected chi connectivity index (χ0v) is 3.21. The lowest BCUT2D eigenvalue weighted by atomic mass is 10.2. The fourth-order valence-corrected chi connectivity index (χ4v) is 0. The lowest BCUT2D eigenvalue weighted by Crippen LogP contribution is -2.05. The van der Waals surface area contributed by atoms with Crippen LogP contribution in [0.5, 0.6) is 0 Å². The summed E-state index contributed by atoms with van der Waals surface area (Å²) < 4.78 is 0. The molecule has 0 aliphatic heterocycles. The molecule has 0 radical (unpaired) electrons. The molecule has 0 heterocycles. The van der Waals surface area contributed by atoms with Crippen molar-refractivity contribution in [1.82, 2.24) is 5.32 Å². The molecular formula is C2H8BN. The van der Waals surface area contributed by atoms with Crippen molar-refractivity contribution < 1.29 is 0 Å². The molecule has 0 fully saturated rings. The molecule has 0 saturated heterocycles. The molecule has 0 aromatic rings. The van der Waals surface area contributed by atoms with Gasteiger partial charge in [-0.15, -0.1) is 0 Å². The van der Waals surface area contributed by atoms with Crippen molar-refractivity contribution in [2.24, 2.45) is 0 Å². The zero-order valence-electron chi connectivity index (χ0n) is 3.21. The van der Waals surface area contributed by atoms with Crippen LogP contribution in [0.3, 0.4) is 0 Å². The molecule has 2 heteroatoms. The maximum Gasteiger partial charge on any atom is 0.119 e. The maximum atomic E-state index is 2.93. The molecule has 0 bridgehead atoms. The van der Waals surface area contributed by atoms with Gasteiger partial charge in [-0.1, -0.05) is 0 Å². The fourth-order valence-electron chi connectivity index (χ4n) is 0. The highest BCUT2D eigenvalue weighted by Crippen LogP contribution is 1.23. The Balaban J connectivity index is 1.97. The van der Waals surface area contributed by atoms with Crippen LogP contribution in [0.25, 0.3) is 0 Å². The van der Waals surface area contributed by atoms with Gasteiger partial charge in [-0.25, -0.2) is 0 Å². The number of hydrogen-bond acceptors (Lipinski definition) is 1. The van der Waals surface area contributed by atoms with Gasteiger partial charge < -0.3 is 5.32 Å². The Morgan fingerprint density at radius 1 is 2.00 bits per heavy atom. The van der Waals surface area contributed by atoms with E-state index in [2.05, 4.69) is 13.2 Å². The van der Waals surface area contributed by atoms with Crippen LogP contribution in [0.15, 0.2) is 0 Å². The summed E-state index contributed by atoms with van der Waals surface area (Å²) in [6, 6.07) is 0. The van der Waals surface area contributed by atoms with Crippen LogP contribution in [0.2, 0.25) is 0 Å². The van der Waals surface area contributed by atoms with E-state index < -0.39 is 0 Å². The molecule has 1 nitrogen and oxygen atoms in total. The zero-order chi connectivity index (χ0) is 3.41. The first-order chi connectivity index (χ1) is 1.91. The van der Waals surface area contributed by atoms with Gasteiger partial charge in [0.2, 0.25) is 0 Å². The third kappa shape index (κ3) is 2.02. The van der Waals surface area contributed by atoms with Crippen LogP contribution in [0, 0.1) is 0 Å². The standard InChI is InChI=1S/C2H8BN/c1-4-2-3/h4H,2-3H2,1H3. The lowest BCUT2D eigenvalue weighted by Gasteiger charge is -1.75. The quantitative estimate of drug-likeness (QED) is 0.372. The van der Waals surface area contributed by atoms with Gasteiger partial charge in [-0.2, -0.15) is 0 Å². The van der Waals surface area contributed by atoms with E-state index in [0.717, 1.165) is 6.44 Å². The fraction of sp³-hybridized carbons (Fsp3) is 1.00. The van der Waals surface area contributed by atoms with Gasteiger partial charge in [0, 0.05) is 0 Å². The maximum absolute atomic E-state index is 2.93. The molecule has 0 atom stereocenters. The minimum atomic E-state index is 1.07. The largest absolute Gasteiger partial charge is 0.328 e. The molecule has 0 aliphatic rings. The monoisotopic (exact) mass is 57.1 g/mol. The van der Waals surface area contributed by atoms with E-state index in [0.29, 0.717) is 0 Å². The van der Waals surface area contributed by atoms with Crippen LogP contribution >= 0.6 is 0 Å². The van der Waals surface area contributed by atoms with Crippen molar-refractivity contribution in [3.8, 4) is 0 Å². The minimum Gasteiger partial charge on any atom is -0.328 e. The lowest BCUT2D eigenvalue weighted by molar-refractivity contribution is 0.974. The van der Waals surface area contributed by atoms with E-state index in [4.69, 9.17) is 0 Å². The van der Waals surface area contributed by atoms with Gasteiger partial charge in [0.15, 0.2) is 0 Å². The second-order valence-electron chi connectivity index (χ2n) is 0.707. The molecule has 0 rings (SSSR count). The van der Waals surface area contributed by atoms with Crippen molar-refractivity contribution in [3.05, 3.63) is 0 Å². The van der Waals surface area contributed by atoms with Crippen LogP contribution in [-0.4, -0.2) is 21.3 Å². The molecule has 0 saturated carbocycles. The highest BCUT2D eigenvalue weighted by atomic mass is 14.8. The summed E-state index contributed by atoms with van der Waals surface area (Å²) in [5, 5.41) is 2.93. The Labute approximate surface area is 27.8 Å². The Morgan fingerprint density at radius 2 is 2.25 bits per heavy atom. The van der Waals surface area contributed by atoms with Crippen molar-refractivity contribution >= 4 is 7.85 Å². The second kappa shape index (κ2) is 3.02. The van der Waals surface area contributed by atoms with Gasteiger partial charge in [-0.05, 0) is 13.5 Å². The summed E-state index contributed by atoms with van der Waals surface area (Å²) in [5.74, 6) is 0. The summed E-state index contributed by atoms with van der Waals surface area (Å²) in [4.78, 5) is 0. The topological polar surface area (TPSA) is 12.0 Å². The van der Waals surface area contributed by atoms with E-state index in [9.17, 15) is 0 Å². The molecule has 0 spiro atoms. The third-order valence-electron chi connectivity index (χ3n) is 0.354. The molecule has 0 aromatic carbocycles. The van der Waals surface area contributed by atoms with Gasteiger partial charge in [0.1, 0.15) is 7.85 Å². The number of nitrogens with one attached hydrogen (secondary N) is 1. The highest BCUT2D eigenvalue weighted by Gasteiger charge is 1.52. The normalized spacial score (nSPS) is 7.25. The second-order valence-corrected chi connectivity index (χ2v) is 0.707. The summed E-state index contributed by atoms with van der Waals surface area (Å²) in [7, 11) is 4.00. The smallest absolute Gasteiger partial charge is 0.119 e. The van der Waals surface area contributed by atoms with E-state index in [-0.39, 0.29) is 0 Å². The molecular weight excluding hydrogens is 48.8 g/mol. The van der Waals surface area contributed by atoms with E-state index in [1.54, 1.807) is 0 Å². The van der Waals surface area contributed by atoms with Crippen LogP contribution < -0.4 is 5.32 Å². The van der Waals surface area contributed by atoms with Crippen molar-refractivity contribution in [2.45, 2.75) is 0 Å². The van der Waals surface area contributed by atoms with Gasteiger partial charge in [-0.3, -0.25) is 0 Å². The number of rotatable bonds is 1. The average Bonchev–Trinajstić information content (AvgIpc) is 1.37. The molecule has 24 valence electrons. The van der Waals surface area contributed by atoms with Crippen molar-refractivity contribution in [1.29, 1.82) is 0 Å².